The summed E-state index contributed by atoms with van der Waals surface area (Å²) in [5.74, 6) is 1.06. The van der Waals surface area contributed by atoms with Crippen molar-refractivity contribution < 1.29 is 18.7 Å². The van der Waals surface area contributed by atoms with E-state index < -0.39 is 0 Å². The topological polar surface area (TPSA) is 98.5 Å². The van der Waals surface area contributed by atoms with Crippen LogP contribution in [-0.4, -0.2) is 35.2 Å². The van der Waals surface area contributed by atoms with Crippen molar-refractivity contribution in [2.24, 2.45) is 0 Å². The number of amides is 1. The first-order valence-electron chi connectivity index (χ1n) is 9.32. The number of nitrogens with one attached hydrogen (secondary N) is 2. The lowest BCUT2D eigenvalue weighted by molar-refractivity contribution is 0.0977. The van der Waals surface area contributed by atoms with Gasteiger partial charge in [-0.1, -0.05) is 0 Å². The van der Waals surface area contributed by atoms with Crippen molar-refractivity contribution in [3.05, 3.63) is 64.9 Å². The normalized spacial score (nSPS) is 10.6. The Kier molecular flexibility index (Phi) is 6.33. The largest absolute Gasteiger partial charge is 0.493 e. The van der Waals surface area contributed by atoms with Crippen LogP contribution < -0.4 is 20.1 Å². The monoisotopic (exact) mass is 512 g/mol. The first-order chi connectivity index (χ1) is 15.5. The molecule has 0 unspecified atom stereocenters. The summed E-state index contributed by atoms with van der Waals surface area (Å²) in [6, 6.07) is 12.1. The summed E-state index contributed by atoms with van der Waals surface area (Å²) >= 11 is 8.67. The molecule has 4 rings (SSSR count). The number of fused-ring (bicyclic) bond motifs is 1. The number of aromatic nitrogens is 2. The molecule has 2 heterocycles. The fourth-order valence-corrected chi connectivity index (χ4v) is 3.55. The number of carbonyl (C=O) groups excluding carboxylic acids is 1. The van der Waals surface area contributed by atoms with E-state index in [1.807, 2.05) is 6.07 Å². The van der Waals surface area contributed by atoms with Crippen molar-refractivity contribution in [3.63, 3.8) is 0 Å². The minimum Gasteiger partial charge on any atom is -0.493 e. The van der Waals surface area contributed by atoms with Gasteiger partial charge in [0.05, 0.1) is 19.8 Å². The van der Waals surface area contributed by atoms with Crippen LogP contribution in [0.4, 0.5) is 5.69 Å². The Morgan fingerprint density at radius 3 is 2.62 bits per heavy atom. The van der Waals surface area contributed by atoms with E-state index in [1.54, 1.807) is 48.8 Å². The molecule has 0 fully saturated rings. The van der Waals surface area contributed by atoms with E-state index >= 15 is 0 Å². The predicted molar refractivity (Wildman–Crippen MR) is 128 cm³/mol. The van der Waals surface area contributed by atoms with Gasteiger partial charge in [0.2, 0.25) is 5.89 Å². The lowest BCUT2D eigenvalue weighted by Crippen LogP contribution is -2.34. The Balaban J connectivity index is 1.47. The SMILES string of the molecule is COc1ccc(C(=O)NC(=S)Nc2ccc3oc(-c4cncc(Br)c4)nc3c2)cc1OC. The van der Waals surface area contributed by atoms with Crippen LogP contribution in [0.5, 0.6) is 11.5 Å². The summed E-state index contributed by atoms with van der Waals surface area (Å²) < 4.78 is 17.1. The third-order valence-electron chi connectivity index (χ3n) is 4.47. The van der Waals surface area contributed by atoms with Crippen molar-refractivity contribution >= 4 is 56.0 Å². The zero-order valence-corrected chi connectivity index (χ0v) is 19.4. The third-order valence-corrected chi connectivity index (χ3v) is 5.11. The van der Waals surface area contributed by atoms with Gasteiger partial charge in [0, 0.05) is 28.1 Å². The van der Waals surface area contributed by atoms with Gasteiger partial charge in [-0.15, -0.1) is 0 Å². The molecule has 0 spiro atoms. The van der Waals surface area contributed by atoms with Crippen LogP contribution >= 0.6 is 28.1 Å². The predicted octanol–water partition coefficient (Wildman–Crippen LogP) is 4.80. The molecular weight excluding hydrogens is 496 g/mol. The Labute approximate surface area is 197 Å². The van der Waals surface area contributed by atoms with E-state index in [9.17, 15) is 4.79 Å². The molecule has 162 valence electrons. The fraction of sp³-hybridized carbons (Fsp3) is 0.0909. The second-order valence-corrected chi connectivity index (χ2v) is 7.90. The molecule has 0 bridgehead atoms. The number of rotatable bonds is 5. The van der Waals surface area contributed by atoms with Gasteiger partial charge in [-0.2, -0.15) is 0 Å². The maximum Gasteiger partial charge on any atom is 0.257 e. The smallest absolute Gasteiger partial charge is 0.257 e. The van der Waals surface area contributed by atoms with Crippen LogP contribution in [0, 0.1) is 0 Å². The summed E-state index contributed by atoms with van der Waals surface area (Å²) in [6.45, 7) is 0. The number of oxazole rings is 1. The van der Waals surface area contributed by atoms with E-state index in [4.69, 9.17) is 26.1 Å². The summed E-state index contributed by atoms with van der Waals surface area (Å²) in [7, 11) is 3.03. The van der Waals surface area contributed by atoms with Crippen LogP contribution in [0.25, 0.3) is 22.6 Å². The lowest BCUT2D eigenvalue weighted by atomic mass is 10.2. The highest BCUT2D eigenvalue weighted by Crippen LogP contribution is 2.28. The number of benzene rings is 2. The molecule has 1 amide bonds. The molecule has 4 aromatic rings. The molecule has 2 aromatic heterocycles. The minimum atomic E-state index is -0.379. The molecule has 0 saturated heterocycles. The van der Waals surface area contributed by atoms with Gasteiger partial charge in [-0.05, 0) is 70.6 Å². The number of hydrogen-bond donors (Lipinski definition) is 2. The molecule has 0 saturated carbocycles. The number of pyridine rings is 1. The number of hydrogen-bond acceptors (Lipinski definition) is 7. The summed E-state index contributed by atoms with van der Waals surface area (Å²) in [6.07, 6.45) is 3.36. The third kappa shape index (κ3) is 4.71. The molecule has 0 radical (unpaired) electrons. The quantitative estimate of drug-likeness (QED) is 0.368. The van der Waals surface area contributed by atoms with Crippen LogP contribution in [0.3, 0.4) is 0 Å². The highest BCUT2D eigenvalue weighted by molar-refractivity contribution is 9.10. The van der Waals surface area contributed by atoms with E-state index in [0.717, 1.165) is 10.0 Å². The minimum absolute atomic E-state index is 0.143. The molecular formula is C22H17BrN4O4S. The first-order valence-corrected chi connectivity index (χ1v) is 10.5. The number of thiocarbonyl (C=S) groups is 1. The molecule has 32 heavy (non-hydrogen) atoms. The van der Waals surface area contributed by atoms with Gasteiger partial charge in [0.15, 0.2) is 22.2 Å². The van der Waals surface area contributed by atoms with Crippen molar-refractivity contribution in [3.8, 4) is 23.0 Å². The standard InChI is InChI=1S/C22H17BrN4O4S/c1-29-18-5-3-12(8-19(18)30-2)20(28)27-22(32)25-15-4-6-17-16(9-15)26-21(31-17)13-7-14(23)11-24-10-13/h3-11H,1-2H3,(H2,25,27,28,32). The van der Waals surface area contributed by atoms with Crippen LogP contribution in [-0.2, 0) is 0 Å². The van der Waals surface area contributed by atoms with E-state index in [2.05, 4.69) is 36.5 Å². The molecule has 10 heteroatoms. The summed E-state index contributed by atoms with van der Waals surface area (Å²) in [4.78, 5) is 21.2. The molecule has 0 aliphatic heterocycles. The van der Waals surface area contributed by atoms with Crippen LogP contribution in [0.15, 0.2) is 63.7 Å². The van der Waals surface area contributed by atoms with Crippen LogP contribution in [0.2, 0.25) is 0 Å². The van der Waals surface area contributed by atoms with Gasteiger partial charge in [-0.25, -0.2) is 4.98 Å². The number of anilines is 1. The Bertz CT molecular complexity index is 1320. The Morgan fingerprint density at radius 2 is 1.88 bits per heavy atom. The average molecular weight is 513 g/mol. The van der Waals surface area contributed by atoms with Crippen molar-refractivity contribution in [2.45, 2.75) is 0 Å². The Hall–Kier alpha value is -3.50. The van der Waals surface area contributed by atoms with Gasteiger partial charge in [0.25, 0.3) is 5.91 Å². The second-order valence-electron chi connectivity index (χ2n) is 6.57. The highest BCUT2D eigenvalue weighted by Gasteiger charge is 2.13. The molecule has 0 aliphatic carbocycles. The van der Waals surface area contributed by atoms with E-state index in [1.165, 1.54) is 14.2 Å². The van der Waals surface area contributed by atoms with E-state index in [0.29, 0.717) is 39.7 Å². The maximum absolute atomic E-state index is 12.5. The summed E-state index contributed by atoms with van der Waals surface area (Å²) in [5, 5.41) is 5.78. The maximum atomic E-state index is 12.5. The zero-order chi connectivity index (χ0) is 22.7. The number of nitrogens with zero attached hydrogens (tertiary/aromatic N) is 2. The molecule has 0 atom stereocenters. The van der Waals surface area contributed by atoms with Crippen molar-refractivity contribution in [2.75, 3.05) is 19.5 Å². The number of carbonyl (C=O) groups is 1. The van der Waals surface area contributed by atoms with Crippen LogP contribution in [0.1, 0.15) is 10.4 Å². The Morgan fingerprint density at radius 1 is 1.06 bits per heavy atom. The number of methoxy groups -OCH3 is 2. The summed E-state index contributed by atoms with van der Waals surface area (Å²) in [5.41, 5.74) is 3.04. The molecule has 0 aliphatic rings. The zero-order valence-electron chi connectivity index (χ0n) is 17.0. The fourth-order valence-electron chi connectivity index (χ4n) is 2.97. The van der Waals surface area contributed by atoms with Gasteiger partial charge >= 0.3 is 0 Å². The van der Waals surface area contributed by atoms with E-state index in [-0.39, 0.29) is 11.0 Å². The highest BCUT2D eigenvalue weighted by atomic mass is 79.9. The number of ether oxygens (including phenoxy) is 2. The number of halogens is 1. The van der Waals surface area contributed by atoms with Gasteiger partial charge < -0.3 is 19.2 Å². The van der Waals surface area contributed by atoms with Gasteiger partial charge in [0.1, 0.15) is 5.52 Å². The molecule has 2 N–H and O–H groups in total. The lowest BCUT2D eigenvalue weighted by Gasteiger charge is -2.11. The van der Waals surface area contributed by atoms with Crippen molar-refractivity contribution in [1.29, 1.82) is 0 Å². The molecule has 2 aromatic carbocycles. The van der Waals surface area contributed by atoms with Gasteiger partial charge in [-0.3, -0.25) is 15.1 Å². The van der Waals surface area contributed by atoms with Crippen molar-refractivity contribution in [1.82, 2.24) is 15.3 Å². The average Bonchev–Trinajstić information content (AvgIpc) is 3.22. The molecule has 8 nitrogen and oxygen atoms in total. The first kappa shape index (κ1) is 21.7. The second kappa shape index (κ2) is 9.33.